The maximum absolute atomic E-state index is 4.95. The molecule has 0 saturated heterocycles. The lowest BCUT2D eigenvalue weighted by Crippen LogP contribution is -1.93. The molecule has 0 bridgehead atoms. The van der Waals surface area contributed by atoms with Crippen LogP contribution in [-0.2, 0) is 0 Å². The van der Waals surface area contributed by atoms with Gasteiger partial charge in [-0.25, -0.2) is 0 Å². The summed E-state index contributed by atoms with van der Waals surface area (Å²) in [6, 6.07) is 132. The van der Waals surface area contributed by atoms with Crippen LogP contribution in [0.2, 0.25) is 0 Å². The van der Waals surface area contributed by atoms with Crippen molar-refractivity contribution >= 4 is 172 Å². The van der Waals surface area contributed by atoms with Crippen molar-refractivity contribution in [2.24, 2.45) is 0 Å². The third-order valence-electron chi connectivity index (χ3n) is 30.0. The average molecular weight is 1670 g/mol. The van der Waals surface area contributed by atoms with E-state index >= 15 is 0 Å². The summed E-state index contributed by atoms with van der Waals surface area (Å²) in [6.07, 6.45) is 5.73. The molecule has 0 saturated carbocycles. The van der Waals surface area contributed by atoms with E-state index in [9.17, 15) is 0 Å². The van der Waals surface area contributed by atoms with Gasteiger partial charge < -0.3 is 0 Å². The van der Waals surface area contributed by atoms with E-state index in [-0.39, 0.29) is 0 Å². The number of benzene rings is 24. The number of aryl methyl sites for hydroxylation is 6. The lowest BCUT2D eigenvalue weighted by molar-refractivity contribution is 1.33. The molecule has 0 amide bonds. The molecule has 610 valence electrons. The first kappa shape index (κ1) is 73.5. The van der Waals surface area contributed by atoms with E-state index in [1.54, 1.807) is 0 Å². The molecule has 132 heavy (non-hydrogen) atoms. The lowest BCUT2D eigenvalue weighted by Gasteiger charge is -2.18. The van der Waals surface area contributed by atoms with Crippen LogP contribution in [0.4, 0.5) is 0 Å². The second-order valence-corrected chi connectivity index (χ2v) is 37.9. The van der Waals surface area contributed by atoms with Crippen molar-refractivity contribution in [3.8, 4) is 134 Å². The topological polar surface area (TPSA) is 38.7 Å². The molecule has 0 unspecified atom stereocenters. The highest BCUT2D eigenvalue weighted by molar-refractivity contribution is 6.38. The van der Waals surface area contributed by atoms with Crippen LogP contribution in [0.3, 0.4) is 0 Å². The summed E-state index contributed by atoms with van der Waals surface area (Å²) in [6.45, 7) is 13.4. The summed E-state index contributed by atoms with van der Waals surface area (Å²) in [5.74, 6) is 0. The van der Waals surface area contributed by atoms with Crippen LogP contribution in [-0.4, -0.2) is 15.0 Å². The van der Waals surface area contributed by atoms with Crippen molar-refractivity contribution in [1.29, 1.82) is 0 Å². The van der Waals surface area contributed by atoms with Gasteiger partial charge >= 0.3 is 0 Å². The number of pyridine rings is 3. The summed E-state index contributed by atoms with van der Waals surface area (Å²) in [5, 5.41) is 42.0. The second-order valence-electron chi connectivity index (χ2n) is 37.9. The zero-order valence-electron chi connectivity index (χ0n) is 73.6. The highest BCUT2D eigenvalue weighted by atomic mass is 14.7. The summed E-state index contributed by atoms with van der Waals surface area (Å²) in [4.78, 5) is 14.8. The predicted molar refractivity (Wildman–Crippen MR) is 563 cm³/mol. The van der Waals surface area contributed by atoms with Crippen molar-refractivity contribution in [1.82, 2.24) is 15.0 Å². The van der Waals surface area contributed by atoms with Gasteiger partial charge in [-0.2, -0.15) is 0 Å². The molecule has 4 aliphatic carbocycles. The van der Waals surface area contributed by atoms with Gasteiger partial charge in [0.1, 0.15) is 0 Å². The number of hydrogen-bond acceptors (Lipinski definition) is 3. The van der Waals surface area contributed by atoms with E-state index < -0.39 is 0 Å². The zero-order valence-corrected chi connectivity index (χ0v) is 73.6. The van der Waals surface area contributed by atoms with Crippen molar-refractivity contribution in [3.05, 3.63) is 404 Å². The molecule has 0 spiro atoms. The van der Waals surface area contributed by atoms with Crippen LogP contribution in [0.15, 0.2) is 370 Å². The van der Waals surface area contributed by atoms with Crippen LogP contribution in [0.5, 0.6) is 0 Å². The Balaban J connectivity index is 0.0000000983. The number of rotatable bonds is 4. The Hall–Kier alpha value is -16.6. The third-order valence-corrected chi connectivity index (χ3v) is 30.0. The minimum absolute atomic E-state index is 0.981. The largest absolute Gasteiger partial charge is 0.256 e. The Bertz CT molecular complexity index is 9800. The Labute approximate surface area is 761 Å². The first-order chi connectivity index (χ1) is 64.9. The Kier molecular flexibility index (Phi) is 15.0. The van der Waals surface area contributed by atoms with Gasteiger partial charge in [0, 0.05) is 35.3 Å². The van der Waals surface area contributed by atoms with Gasteiger partial charge in [-0.15, -0.1) is 0 Å². The molecule has 3 heteroatoms. The summed E-state index contributed by atoms with van der Waals surface area (Å²) >= 11 is 0. The molecule has 27 aromatic rings. The van der Waals surface area contributed by atoms with E-state index in [1.165, 1.54) is 311 Å². The highest BCUT2D eigenvalue weighted by Gasteiger charge is 2.33. The zero-order chi connectivity index (χ0) is 87.1. The van der Waals surface area contributed by atoms with E-state index in [0.717, 1.165) is 28.2 Å². The standard InChI is InChI=1S/C50H30N2.C41H25N.C38H24/c1-27-17-30-18-28(2)20-46-42-24-40-36(23-41(42)45(19-27)50(30)46)38-26-43(47-13-3-5-15-51-47)39-22-34-32-12-8-10-29-9-7-11-31(49(29)32)33(34)21-35(39)37(38)25-44(40)48-14-4-6-16-52-48;1-22-14-27-15-23(2)17-37-34-20-32-31(19-33(34)36(16-22)40(27)37)29-18-26-10-9-24-6-5-7-25-11-12-28(41(26)39(24)25)30(29)21-35(32)38-8-3-4-13-42-38;1-21-16-32-30-19-28-26-12-6-10-24-14-15-25-11-7-13-27(37(25)36(24)26)29(28)20-31(30)33-18-22(2)35(34(17-21)38(32)33)23-8-4-3-5-9-23/h3-26H,1-2H3;3-21H,1-2H3;3-20H,1-2H3. The van der Waals surface area contributed by atoms with Gasteiger partial charge in [0.25, 0.3) is 0 Å². The molecule has 0 aliphatic heterocycles. The normalized spacial score (nSPS) is 12.5. The molecule has 24 aromatic carbocycles. The summed E-state index contributed by atoms with van der Waals surface area (Å²) in [7, 11) is 0. The minimum Gasteiger partial charge on any atom is -0.256 e. The Morgan fingerprint density at radius 1 is 0.144 bits per heavy atom. The molecule has 0 N–H and O–H groups in total. The van der Waals surface area contributed by atoms with E-state index in [0.29, 0.717) is 0 Å². The fraction of sp³-hybridized carbons (Fsp3) is 0.0465. The van der Waals surface area contributed by atoms with Gasteiger partial charge in [-0.3, -0.25) is 15.0 Å². The fourth-order valence-corrected chi connectivity index (χ4v) is 24.8. The van der Waals surface area contributed by atoms with Crippen LogP contribution >= 0.6 is 0 Å². The van der Waals surface area contributed by atoms with Gasteiger partial charge in [0.15, 0.2) is 0 Å². The van der Waals surface area contributed by atoms with Crippen molar-refractivity contribution in [3.63, 3.8) is 0 Å². The van der Waals surface area contributed by atoms with Crippen LogP contribution in [0.25, 0.3) is 306 Å². The van der Waals surface area contributed by atoms with Crippen molar-refractivity contribution < 1.29 is 0 Å². The second kappa shape index (κ2) is 27.0. The molecule has 4 aliphatic rings. The fourth-order valence-electron chi connectivity index (χ4n) is 24.8. The van der Waals surface area contributed by atoms with Gasteiger partial charge in [0.2, 0.25) is 0 Å². The molecule has 31 rings (SSSR count). The van der Waals surface area contributed by atoms with E-state index in [2.05, 4.69) is 375 Å². The van der Waals surface area contributed by atoms with Gasteiger partial charge in [-0.1, -0.05) is 243 Å². The van der Waals surface area contributed by atoms with Crippen LogP contribution in [0.1, 0.15) is 33.4 Å². The third kappa shape index (κ3) is 10.3. The van der Waals surface area contributed by atoms with Gasteiger partial charge in [0.05, 0.1) is 17.1 Å². The molecule has 0 radical (unpaired) electrons. The molecule has 0 fully saturated rings. The lowest BCUT2D eigenvalue weighted by atomic mass is 9.86. The maximum atomic E-state index is 4.95. The van der Waals surface area contributed by atoms with Crippen LogP contribution in [0, 0.1) is 41.5 Å². The monoisotopic (exact) mass is 1670 g/mol. The smallest absolute Gasteiger partial charge is 0.0708 e. The predicted octanol–water partition coefficient (Wildman–Crippen LogP) is 35.7. The summed E-state index contributed by atoms with van der Waals surface area (Å²) in [5.41, 5.74) is 38.2. The first-order valence-electron chi connectivity index (χ1n) is 46.2. The highest BCUT2D eigenvalue weighted by Crippen LogP contribution is 2.59. The van der Waals surface area contributed by atoms with Crippen molar-refractivity contribution in [2.45, 2.75) is 41.5 Å². The number of fused-ring (bicyclic) bond motifs is 24. The average Bonchev–Trinajstić information content (AvgIpc) is 1.55. The first-order valence-corrected chi connectivity index (χ1v) is 46.2. The number of nitrogens with zero attached hydrogens (tertiary/aromatic N) is 3. The van der Waals surface area contributed by atoms with Crippen LogP contribution < -0.4 is 0 Å². The molecule has 3 heterocycles. The summed E-state index contributed by atoms with van der Waals surface area (Å²) < 4.78 is 0. The van der Waals surface area contributed by atoms with Gasteiger partial charge in [-0.05, 0) is 457 Å². The molecular formula is C129H79N3. The maximum Gasteiger partial charge on any atom is 0.0708 e. The van der Waals surface area contributed by atoms with E-state index in [4.69, 9.17) is 15.0 Å². The molecular weight excluding hydrogens is 1590 g/mol. The molecule has 3 aromatic heterocycles. The minimum atomic E-state index is 0.981. The number of aromatic nitrogens is 3. The quantitative estimate of drug-likeness (QED) is 0.130. The van der Waals surface area contributed by atoms with Crippen molar-refractivity contribution in [2.75, 3.05) is 0 Å². The number of hydrogen-bond donors (Lipinski definition) is 0. The molecule has 0 atom stereocenters. The SMILES string of the molecule is Cc1cc2c3c(cc(C)c(-c4ccccc4)c3c1)-c1cc3c(cc1-2)c1cccc2ccc4cccc3c4c21.Cc1cc2c3c(cc(C)cc3c1)-c1cc3c(cc1-2)c(-c1ccccn1)cc1c2cc4c(cc2c(-c2ccccn2)cc31)-c1cccc2cccc-4c12.Cc1cc2c3c(cc(C)cc3c1)-c1cc3c(cc1-2)c(-c1ccccn1)cc1c3cc2ccc3cccc4ccc1c2c34. The molecule has 3 nitrogen and oxygen atoms in total. The van der Waals surface area contributed by atoms with E-state index in [1.807, 2.05) is 36.8 Å². The Morgan fingerprint density at radius 3 is 0.864 bits per heavy atom. The Morgan fingerprint density at radius 2 is 0.439 bits per heavy atom.